The molecule has 9 heteroatoms. The van der Waals surface area contributed by atoms with Gasteiger partial charge in [0.2, 0.25) is 0 Å². The summed E-state index contributed by atoms with van der Waals surface area (Å²) >= 11 is 1.47. The lowest BCUT2D eigenvalue weighted by Crippen LogP contribution is -2.38. The summed E-state index contributed by atoms with van der Waals surface area (Å²) in [4.78, 5) is 36.0. The Hall–Kier alpha value is -3.69. The van der Waals surface area contributed by atoms with E-state index in [1.165, 1.54) is 11.3 Å². The molecular formula is C22H22N4O4S. The van der Waals surface area contributed by atoms with Crippen LogP contribution in [-0.2, 0) is 17.8 Å². The molecule has 0 unspecified atom stereocenters. The Kier molecular flexibility index (Phi) is 7.01. The molecular weight excluding hydrogens is 416 g/mol. The molecule has 0 aliphatic heterocycles. The van der Waals surface area contributed by atoms with Gasteiger partial charge in [0.15, 0.2) is 0 Å². The van der Waals surface area contributed by atoms with Crippen molar-refractivity contribution in [2.45, 2.75) is 19.0 Å². The van der Waals surface area contributed by atoms with Crippen LogP contribution >= 0.6 is 11.3 Å². The highest BCUT2D eigenvalue weighted by atomic mass is 32.1. The minimum atomic E-state index is -0.981. The lowest BCUT2D eigenvalue weighted by molar-refractivity contribution is -0.139. The Morgan fingerprint density at radius 3 is 2.35 bits per heavy atom. The number of aliphatic carboxylic acids is 1. The molecule has 0 fully saturated rings. The maximum absolute atomic E-state index is 11.9. The molecule has 0 aliphatic carbocycles. The van der Waals surface area contributed by atoms with E-state index in [2.05, 4.69) is 10.6 Å². The smallest absolute Gasteiger partial charge is 0.321 e. The fraction of sp³-hybridized carbons (Fsp3) is 0.136. The number of carbonyl (C=O) groups excluding carboxylic acids is 2. The predicted octanol–water partition coefficient (Wildman–Crippen LogP) is 2.79. The summed E-state index contributed by atoms with van der Waals surface area (Å²) in [6.45, 7) is 0.184. The lowest BCUT2D eigenvalue weighted by atomic mass is 9.99. The lowest BCUT2D eigenvalue weighted by Gasteiger charge is -2.18. The van der Waals surface area contributed by atoms with Gasteiger partial charge in [-0.25, -0.2) is 4.79 Å². The van der Waals surface area contributed by atoms with E-state index in [1.807, 2.05) is 47.8 Å². The highest BCUT2D eigenvalue weighted by Crippen LogP contribution is 2.32. The van der Waals surface area contributed by atoms with E-state index < -0.39 is 23.9 Å². The quantitative estimate of drug-likeness (QED) is 0.348. The van der Waals surface area contributed by atoms with Crippen LogP contribution in [0.1, 0.15) is 21.5 Å². The van der Waals surface area contributed by atoms with Gasteiger partial charge in [-0.1, -0.05) is 36.4 Å². The maximum Gasteiger partial charge on any atom is 0.321 e. The zero-order valence-corrected chi connectivity index (χ0v) is 17.3. The number of carboxylic acid groups (broad SMARTS) is 1. The Labute approximate surface area is 182 Å². The number of hydrogen-bond donors (Lipinski definition) is 5. The number of benzene rings is 2. The summed E-state index contributed by atoms with van der Waals surface area (Å²) in [5.74, 6) is -1.70. The van der Waals surface area contributed by atoms with Crippen molar-refractivity contribution in [2.75, 3.05) is 5.32 Å². The second-order valence-electron chi connectivity index (χ2n) is 6.85. The first kappa shape index (κ1) is 22.0. The van der Waals surface area contributed by atoms with Crippen LogP contribution in [0, 0.1) is 0 Å². The van der Waals surface area contributed by atoms with Crippen LogP contribution in [0.25, 0.3) is 10.4 Å². The molecule has 0 bridgehead atoms. The number of thiophene rings is 1. The molecule has 3 amide bonds. The van der Waals surface area contributed by atoms with Crippen LogP contribution in [0.2, 0.25) is 0 Å². The molecule has 0 aliphatic rings. The van der Waals surface area contributed by atoms with Crippen LogP contribution in [-0.4, -0.2) is 29.1 Å². The first-order valence-corrected chi connectivity index (χ1v) is 10.3. The van der Waals surface area contributed by atoms with Crippen molar-refractivity contribution in [1.82, 2.24) is 5.32 Å². The van der Waals surface area contributed by atoms with Crippen molar-refractivity contribution in [3.05, 3.63) is 76.7 Å². The molecule has 0 radical (unpaired) electrons. The summed E-state index contributed by atoms with van der Waals surface area (Å²) in [5, 5.41) is 17.0. The van der Waals surface area contributed by atoms with Crippen molar-refractivity contribution < 1.29 is 19.5 Å². The first-order valence-electron chi connectivity index (χ1n) is 9.42. The third-order valence-electron chi connectivity index (χ3n) is 4.67. The van der Waals surface area contributed by atoms with E-state index in [0.717, 1.165) is 16.0 Å². The normalized spacial score (nSPS) is 11.6. The summed E-state index contributed by atoms with van der Waals surface area (Å²) in [5.41, 5.74) is 13.3. The molecule has 7 N–H and O–H groups in total. The summed E-state index contributed by atoms with van der Waals surface area (Å²) < 4.78 is 0. The van der Waals surface area contributed by atoms with Gasteiger partial charge in [0.25, 0.3) is 5.91 Å². The van der Waals surface area contributed by atoms with Crippen molar-refractivity contribution in [2.24, 2.45) is 11.5 Å². The molecule has 1 atom stereocenters. The van der Waals surface area contributed by atoms with Crippen molar-refractivity contribution in [3.63, 3.8) is 0 Å². The van der Waals surface area contributed by atoms with Gasteiger partial charge >= 0.3 is 12.0 Å². The number of carbonyl (C=O) groups is 3. The van der Waals surface area contributed by atoms with E-state index in [4.69, 9.17) is 11.5 Å². The van der Waals surface area contributed by atoms with E-state index in [9.17, 15) is 19.5 Å². The standard InChI is InChI=1S/C22H22N4O4S/c23-20(27)16-11-15(19-7-4-8-31-19)14(10-17(16)26-22(24)30)12-25-18(21(28)29)9-13-5-2-1-3-6-13/h1-8,10-11,18,25H,9,12H2,(H2,23,27)(H,28,29)(H3,24,26,30)/t18-/m0/s1. The van der Waals surface area contributed by atoms with Crippen LogP contribution in [0.3, 0.4) is 0 Å². The van der Waals surface area contributed by atoms with Gasteiger partial charge in [0, 0.05) is 11.4 Å². The minimum absolute atomic E-state index is 0.116. The van der Waals surface area contributed by atoms with Crippen LogP contribution in [0.15, 0.2) is 60.0 Å². The maximum atomic E-state index is 11.9. The fourth-order valence-electron chi connectivity index (χ4n) is 3.22. The average Bonchev–Trinajstić information content (AvgIpc) is 3.25. The van der Waals surface area contributed by atoms with Crippen LogP contribution in [0.4, 0.5) is 10.5 Å². The highest BCUT2D eigenvalue weighted by molar-refractivity contribution is 7.13. The number of primary amides is 2. The molecule has 2 aromatic carbocycles. The topological polar surface area (TPSA) is 148 Å². The van der Waals surface area contributed by atoms with Gasteiger partial charge in [-0.15, -0.1) is 11.3 Å². The fourth-order valence-corrected chi connectivity index (χ4v) is 4.00. The van der Waals surface area contributed by atoms with E-state index in [0.29, 0.717) is 12.0 Å². The van der Waals surface area contributed by atoms with Gasteiger partial charge in [-0.2, -0.15) is 0 Å². The third-order valence-corrected chi connectivity index (χ3v) is 5.58. The summed E-state index contributed by atoms with van der Waals surface area (Å²) in [7, 11) is 0. The number of rotatable bonds is 9. The molecule has 8 nitrogen and oxygen atoms in total. The number of carboxylic acids is 1. The largest absolute Gasteiger partial charge is 0.480 e. The second-order valence-corrected chi connectivity index (χ2v) is 7.79. The van der Waals surface area contributed by atoms with Crippen LogP contribution in [0.5, 0.6) is 0 Å². The molecule has 3 aromatic rings. The Morgan fingerprint density at radius 1 is 1.03 bits per heavy atom. The third kappa shape index (κ3) is 5.68. The molecule has 3 rings (SSSR count). The van der Waals surface area contributed by atoms with Gasteiger partial charge in [0.1, 0.15) is 6.04 Å². The monoisotopic (exact) mass is 438 g/mol. The van der Waals surface area contributed by atoms with E-state index in [1.54, 1.807) is 12.1 Å². The number of hydrogen-bond acceptors (Lipinski definition) is 5. The Balaban J connectivity index is 1.94. The number of amides is 3. The SMILES string of the molecule is NC(=O)Nc1cc(CN[C@@H](Cc2ccccc2)C(=O)O)c(-c2cccs2)cc1C(N)=O. The van der Waals surface area contributed by atoms with Gasteiger partial charge in [0.05, 0.1) is 11.3 Å². The molecule has 31 heavy (non-hydrogen) atoms. The first-order chi connectivity index (χ1) is 14.8. The number of urea groups is 1. The van der Waals surface area contributed by atoms with E-state index in [-0.39, 0.29) is 17.8 Å². The molecule has 0 saturated carbocycles. The van der Waals surface area contributed by atoms with Gasteiger partial charge < -0.3 is 21.9 Å². The van der Waals surface area contributed by atoms with Crippen LogP contribution < -0.4 is 22.1 Å². The molecule has 0 spiro atoms. The van der Waals surface area contributed by atoms with Crippen molar-refractivity contribution in [3.8, 4) is 10.4 Å². The van der Waals surface area contributed by atoms with Crippen molar-refractivity contribution >= 4 is 34.9 Å². The Bertz CT molecular complexity index is 1080. The van der Waals surface area contributed by atoms with Gasteiger partial charge in [-0.3, -0.25) is 14.9 Å². The average molecular weight is 439 g/mol. The summed E-state index contributed by atoms with van der Waals surface area (Å²) in [6, 6.07) is 14.6. The zero-order valence-electron chi connectivity index (χ0n) is 16.5. The summed E-state index contributed by atoms with van der Waals surface area (Å²) in [6.07, 6.45) is 0.302. The number of nitrogens with one attached hydrogen (secondary N) is 2. The second kappa shape index (κ2) is 9.88. The predicted molar refractivity (Wildman–Crippen MR) is 120 cm³/mol. The number of anilines is 1. The molecule has 160 valence electrons. The Morgan fingerprint density at radius 2 is 1.77 bits per heavy atom. The zero-order chi connectivity index (χ0) is 22.4. The molecule has 0 saturated heterocycles. The van der Waals surface area contributed by atoms with E-state index >= 15 is 0 Å². The number of nitrogens with two attached hydrogens (primary N) is 2. The molecule has 1 aromatic heterocycles. The molecule has 1 heterocycles. The van der Waals surface area contributed by atoms with Crippen molar-refractivity contribution in [1.29, 1.82) is 0 Å². The minimum Gasteiger partial charge on any atom is -0.480 e. The van der Waals surface area contributed by atoms with Gasteiger partial charge in [-0.05, 0) is 46.7 Å². The highest BCUT2D eigenvalue weighted by Gasteiger charge is 2.20.